The van der Waals surface area contributed by atoms with Gasteiger partial charge in [-0.15, -0.1) is 0 Å². The number of aromatic hydroxyl groups is 1. The van der Waals surface area contributed by atoms with Crippen molar-refractivity contribution in [3.63, 3.8) is 0 Å². The van der Waals surface area contributed by atoms with Crippen molar-refractivity contribution >= 4 is 22.5 Å². The number of rotatable bonds is 3. The van der Waals surface area contributed by atoms with Crippen molar-refractivity contribution in [3.05, 3.63) is 64.4 Å². The molecule has 0 bridgehead atoms. The van der Waals surface area contributed by atoms with Crippen LogP contribution in [0.15, 0.2) is 53.3 Å². The quantitative estimate of drug-likeness (QED) is 0.776. The third kappa shape index (κ3) is 2.48. The number of hydrogen-bond donors (Lipinski definition) is 2. The van der Waals surface area contributed by atoms with E-state index in [0.29, 0.717) is 22.3 Å². The molecule has 24 heavy (non-hydrogen) atoms. The van der Waals surface area contributed by atoms with E-state index < -0.39 is 11.5 Å². The van der Waals surface area contributed by atoms with Crippen LogP contribution in [0.1, 0.15) is 10.4 Å². The Morgan fingerprint density at radius 2 is 1.83 bits per heavy atom. The number of fused-ring (bicyclic) bond motifs is 1. The van der Waals surface area contributed by atoms with Crippen LogP contribution in [0, 0.1) is 0 Å². The molecular weight excluding hydrogens is 308 g/mol. The Bertz CT molecular complexity index is 978. The minimum atomic E-state index is -0.674. The first-order chi connectivity index (χ1) is 11.5. The lowest BCUT2D eigenvalue weighted by molar-refractivity contribution is 0.102. The number of anilines is 1. The van der Waals surface area contributed by atoms with E-state index in [0.717, 1.165) is 0 Å². The van der Waals surface area contributed by atoms with Gasteiger partial charge >= 0.3 is 0 Å². The zero-order valence-electron chi connectivity index (χ0n) is 13.2. The number of aryl methyl sites for hydroxylation is 1. The van der Waals surface area contributed by atoms with E-state index in [1.807, 2.05) is 6.07 Å². The smallest absolute Gasteiger partial charge is 0.267 e. The first kappa shape index (κ1) is 15.6. The van der Waals surface area contributed by atoms with E-state index in [1.165, 1.54) is 11.7 Å². The Labute approximate surface area is 137 Å². The summed E-state index contributed by atoms with van der Waals surface area (Å²) in [6.07, 6.45) is 0. The molecule has 2 N–H and O–H groups in total. The molecule has 3 rings (SSSR count). The number of hydrogen-bond acceptors (Lipinski definition) is 4. The van der Waals surface area contributed by atoms with Crippen LogP contribution >= 0.6 is 0 Å². The van der Waals surface area contributed by atoms with Gasteiger partial charge in [-0.05, 0) is 24.3 Å². The first-order valence-electron chi connectivity index (χ1n) is 7.29. The second kappa shape index (κ2) is 6.08. The van der Waals surface area contributed by atoms with E-state index in [1.54, 1.807) is 49.5 Å². The van der Waals surface area contributed by atoms with Gasteiger partial charge in [0.2, 0.25) is 0 Å². The molecular formula is C18H16N2O4. The number of carbonyl (C=O) groups excluding carboxylic acids is 1. The normalized spacial score (nSPS) is 10.6. The molecule has 3 aromatic rings. The molecule has 1 heterocycles. The molecule has 0 atom stereocenters. The van der Waals surface area contributed by atoms with Gasteiger partial charge in [0.15, 0.2) is 0 Å². The number of amides is 1. The molecule has 6 heteroatoms. The topological polar surface area (TPSA) is 80.6 Å². The summed E-state index contributed by atoms with van der Waals surface area (Å²) in [5.74, 6) is -0.680. The highest BCUT2D eigenvalue weighted by Crippen LogP contribution is 2.34. The van der Waals surface area contributed by atoms with E-state index in [2.05, 4.69) is 5.32 Å². The molecule has 0 fully saturated rings. The second-order valence-electron chi connectivity index (χ2n) is 5.26. The Hall–Kier alpha value is -3.28. The summed E-state index contributed by atoms with van der Waals surface area (Å²) in [6.45, 7) is 0. The van der Waals surface area contributed by atoms with Crippen LogP contribution in [0.3, 0.4) is 0 Å². The molecule has 0 saturated carbocycles. The van der Waals surface area contributed by atoms with E-state index in [4.69, 9.17) is 4.74 Å². The number of nitrogens with zero attached hydrogens (tertiary/aromatic N) is 1. The predicted molar refractivity (Wildman–Crippen MR) is 91.8 cm³/mol. The number of benzene rings is 2. The van der Waals surface area contributed by atoms with Crippen LogP contribution in [-0.4, -0.2) is 22.7 Å². The number of para-hydroxylation sites is 1. The van der Waals surface area contributed by atoms with Crippen molar-refractivity contribution in [2.45, 2.75) is 0 Å². The highest BCUT2D eigenvalue weighted by molar-refractivity contribution is 6.09. The van der Waals surface area contributed by atoms with Gasteiger partial charge in [-0.2, -0.15) is 0 Å². The molecule has 0 unspecified atom stereocenters. The van der Waals surface area contributed by atoms with Gasteiger partial charge < -0.3 is 19.7 Å². The maximum absolute atomic E-state index is 12.5. The molecule has 1 amide bonds. The van der Waals surface area contributed by atoms with E-state index >= 15 is 0 Å². The van der Waals surface area contributed by atoms with Gasteiger partial charge in [0.25, 0.3) is 11.5 Å². The number of ether oxygens (including phenoxy) is 1. The van der Waals surface area contributed by atoms with Gasteiger partial charge in [0.1, 0.15) is 17.1 Å². The SMILES string of the molecule is COc1cccc2c1c(O)c(C(=O)Nc1ccccc1)c(=O)n2C. The van der Waals surface area contributed by atoms with Gasteiger partial charge in [0.05, 0.1) is 18.0 Å². The van der Waals surface area contributed by atoms with Crippen LogP contribution in [0.25, 0.3) is 10.9 Å². The Kier molecular flexibility index (Phi) is 3.95. The maximum Gasteiger partial charge on any atom is 0.267 e. The van der Waals surface area contributed by atoms with Crippen LogP contribution in [0.4, 0.5) is 5.69 Å². The zero-order valence-corrected chi connectivity index (χ0v) is 13.2. The molecule has 2 aromatic carbocycles. The van der Waals surface area contributed by atoms with Crippen molar-refractivity contribution in [1.82, 2.24) is 4.57 Å². The predicted octanol–water partition coefficient (Wildman–Crippen LogP) is 2.50. The lowest BCUT2D eigenvalue weighted by Crippen LogP contribution is -2.28. The summed E-state index contributed by atoms with van der Waals surface area (Å²) in [5, 5.41) is 13.5. The Balaban J connectivity index is 2.21. The van der Waals surface area contributed by atoms with Crippen LogP contribution in [0.5, 0.6) is 11.5 Å². The molecule has 0 aliphatic rings. The molecule has 6 nitrogen and oxygen atoms in total. The van der Waals surface area contributed by atoms with Crippen molar-refractivity contribution in [1.29, 1.82) is 0 Å². The van der Waals surface area contributed by atoms with Crippen molar-refractivity contribution < 1.29 is 14.6 Å². The number of nitrogens with one attached hydrogen (secondary N) is 1. The minimum Gasteiger partial charge on any atom is -0.506 e. The van der Waals surface area contributed by atoms with Gasteiger partial charge in [0, 0.05) is 12.7 Å². The van der Waals surface area contributed by atoms with Crippen LogP contribution < -0.4 is 15.6 Å². The molecule has 1 aromatic heterocycles. The average Bonchev–Trinajstić information content (AvgIpc) is 2.60. The van der Waals surface area contributed by atoms with Crippen LogP contribution in [0.2, 0.25) is 0 Å². The van der Waals surface area contributed by atoms with E-state index in [-0.39, 0.29) is 11.3 Å². The summed E-state index contributed by atoms with van der Waals surface area (Å²) >= 11 is 0. The number of methoxy groups -OCH3 is 1. The molecule has 0 saturated heterocycles. The Morgan fingerprint density at radius 3 is 2.50 bits per heavy atom. The summed E-state index contributed by atoms with van der Waals surface area (Å²) in [6, 6.07) is 13.8. The average molecular weight is 324 g/mol. The Morgan fingerprint density at radius 1 is 1.12 bits per heavy atom. The fourth-order valence-corrected chi connectivity index (χ4v) is 2.63. The van der Waals surface area contributed by atoms with Gasteiger partial charge in [-0.25, -0.2) is 0 Å². The monoisotopic (exact) mass is 324 g/mol. The number of aromatic nitrogens is 1. The standard InChI is InChI=1S/C18H16N2O4/c1-20-12-9-6-10-13(24-2)14(12)16(21)15(18(20)23)17(22)19-11-7-4-3-5-8-11/h3-10,21H,1-2H3,(H,19,22). The fraction of sp³-hybridized carbons (Fsp3) is 0.111. The van der Waals surface area contributed by atoms with Crippen LogP contribution in [-0.2, 0) is 7.05 Å². The lowest BCUT2D eigenvalue weighted by Gasteiger charge is -2.14. The fourth-order valence-electron chi connectivity index (χ4n) is 2.63. The first-order valence-corrected chi connectivity index (χ1v) is 7.29. The summed E-state index contributed by atoms with van der Waals surface area (Å²) in [7, 11) is 3.01. The van der Waals surface area contributed by atoms with Crippen molar-refractivity contribution in [2.75, 3.05) is 12.4 Å². The van der Waals surface area contributed by atoms with Gasteiger partial charge in [-0.1, -0.05) is 24.3 Å². The van der Waals surface area contributed by atoms with Gasteiger partial charge in [-0.3, -0.25) is 9.59 Å². The lowest BCUT2D eigenvalue weighted by atomic mass is 10.1. The molecule has 0 radical (unpaired) electrons. The highest BCUT2D eigenvalue weighted by Gasteiger charge is 2.23. The number of carbonyl (C=O) groups is 1. The summed E-state index contributed by atoms with van der Waals surface area (Å²) < 4.78 is 6.57. The third-order valence-electron chi connectivity index (χ3n) is 3.84. The zero-order chi connectivity index (χ0) is 17.3. The second-order valence-corrected chi connectivity index (χ2v) is 5.26. The summed E-state index contributed by atoms with van der Waals surface area (Å²) in [5.41, 5.74) is 0.109. The number of pyridine rings is 1. The largest absolute Gasteiger partial charge is 0.506 e. The van der Waals surface area contributed by atoms with Crippen molar-refractivity contribution in [2.24, 2.45) is 7.05 Å². The molecule has 0 aliphatic carbocycles. The van der Waals surface area contributed by atoms with Crippen molar-refractivity contribution in [3.8, 4) is 11.5 Å². The third-order valence-corrected chi connectivity index (χ3v) is 3.84. The summed E-state index contributed by atoms with van der Waals surface area (Å²) in [4.78, 5) is 25.1. The minimum absolute atomic E-state index is 0.320. The molecule has 0 aliphatic heterocycles. The van der Waals surface area contributed by atoms with E-state index in [9.17, 15) is 14.7 Å². The molecule has 0 spiro atoms. The highest BCUT2D eigenvalue weighted by atomic mass is 16.5. The maximum atomic E-state index is 12.5. The molecule has 122 valence electrons.